The number of rotatable bonds is 3. The van der Waals surface area contributed by atoms with Crippen LogP contribution >= 0.6 is 23.1 Å². The van der Waals surface area contributed by atoms with Gasteiger partial charge in [0.15, 0.2) is 4.34 Å². The Balaban J connectivity index is 1.68. The maximum Gasteiger partial charge on any atom is 0.203 e. The third kappa shape index (κ3) is 2.23. The minimum absolute atomic E-state index is 0.432. The average molecular weight is 265 g/mol. The molecule has 3 rings (SSSR count). The van der Waals surface area contributed by atoms with E-state index in [-0.39, 0.29) is 0 Å². The summed E-state index contributed by atoms with van der Waals surface area (Å²) in [6.07, 6.45) is 0. The van der Waals surface area contributed by atoms with Gasteiger partial charge in [-0.2, -0.15) is 0 Å². The minimum atomic E-state index is 0.432. The second-order valence-electron chi connectivity index (χ2n) is 3.76. The zero-order valence-corrected chi connectivity index (χ0v) is 10.6. The second kappa shape index (κ2) is 4.54. The molecule has 88 valence electrons. The molecule has 0 amide bonds. The summed E-state index contributed by atoms with van der Waals surface area (Å²) < 4.78 is 6.56. The Labute approximate surface area is 107 Å². The van der Waals surface area contributed by atoms with Crippen molar-refractivity contribution in [2.45, 2.75) is 10.3 Å². The molecule has 1 aromatic carbocycles. The second-order valence-corrected chi connectivity index (χ2v) is 6.04. The number of thioether (sulfide) groups is 1. The van der Waals surface area contributed by atoms with Gasteiger partial charge in [0.2, 0.25) is 5.13 Å². The molecule has 1 aromatic heterocycles. The standard InChI is InChI=1S/C11H11N3OS2/c12-10-13-14-11(17-10)16-6-7-5-15-9-4-2-1-3-8(7)9/h1-4,7H,5-6H2,(H2,12,13). The lowest BCUT2D eigenvalue weighted by Crippen LogP contribution is -2.03. The fraction of sp³-hybridized carbons (Fsp3) is 0.273. The molecular weight excluding hydrogens is 254 g/mol. The number of aromatic nitrogens is 2. The average Bonchev–Trinajstić information content (AvgIpc) is 2.93. The van der Waals surface area contributed by atoms with Gasteiger partial charge >= 0.3 is 0 Å². The van der Waals surface area contributed by atoms with Crippen molar-refractivity contribution < 1.29 is 4.74 Å². The molecule has 2 aromatic rings. The Morgan fingerprint density at radius 3 is 3.12 bits per heavy atom. The van der Waals surface area contributed by atoms with Crippen LogP contribution in [-0.2, 0) is 0 Å². The number of fused-ring (bicyclic) bond motifs is 1. The quantitative estimate of drug-likeness (QED) is 0.863. The number of anilines is 1. The first-order valence-electron chi connectivity index (χ1n) is 5.26. The highest BCUT2D eigenvalue weighted by molar-refractivity contribution is 8.01. The summed E-state index contributed by atoms with van der Waals surface area (Å²) in [5.41, 5.74) is 6.84. The highest BCUT2D eigenvalue weighted by atomic mass is 32.2. The third-order valence-electron chi connectivity index (χ3n) is 2.63. The fourth-order valence-electron chi connectivity index (χ4n) is 1.82. The molecule has 1 aliphatic rings. The highest BCUT2D eigenvalue weighted by Gasteiger charge is 2.23. The molecule has 2 heterocycles. The smallest absolute Gasteiger partial charge is 0.203 e. The van der Waals surface area contributed by atoms with E-state index in [0.29, 0.717) is 11.0 Å². The summed E-state index contributed by atoms with van der Waals surface area (Å²) in [7, 11) is 0. The lowest BCUT2D eigenvalue weighted by Gasteiger charge is -2.05. The van der Waals surface area contributed by atoms with E-state index in [1.807, 2.05) is 18.2 Å². The largest absolute Gasteiger partial charge is 0.493 e. The highest BCUT2D eigenvalue weighted by Crippen LogP contribution is 2.37. The molecule has 1 atom stereocenters. The van der Waals surface area contributed by atoms with Crippen LogP contribution in [0.1, 0.15) is 11.5 Å². The summed E-state index contributed by atoms with van der Waals surface area (Å²) in [4.78, 5) is 0. The predicted octanol–water partition coefficient (Wildman–Crippen LogP) is 2.39. The molecule has 0 radical (unpaired) electrons. The van der Waals surface area contributed by atoms with E-state index < -0.39 is 0 Å². The topological polar surface area (TPSA) is 61.0 Å². The van der Waals surface area contributed by atoms with Crippen molar-refractivity contribution in [2.24, 2.45) is 0 Å². The van der Waals surface area contributed by atoms with Gasteiger partial charge in [-0.3, -0.25) is 0 Å². The molecule has 17 heavy (non-hydrogen) atoms. The molecule has 0 fully saturated rings. The molecule has 1 aliphatic heterocycles. The van der Waals surface area contributed by atoms with Crippen LogP contribution in [0.3, 0.4) is 0 Å². The monoisotopic (exact) mass is 265 g/mol. The van der Waals surface area contributed by atoms with Gasteiger partial charge in [-0.1, -0.05) is 41.3 Å². The maximum atomic E-state index is 5.63. The van der Waals surface area contributed by atoms with Crippen LogP contribution in [0.5, 0.6) is 5.75 Å². The number of hydrogen-bond donors (Lipinski definition) is 1. The van der Waals surface area contributed by atoms with E-state index in [9.17, 15) is 0 Å². The van der Waals surface area contributed by atoms with Crippen LogP contribution < -0.4 is 10.5 Å². The molecule has 4 nitrogen and oxygen atoms in total. The molecule has 0 bridgehead atoms. The van der Waals surface area contributed by atoms with Crippen molar-refractivity contribution >= 4 is 28.2 Å². The number of para-hydroxylation sites is 1. The lowest BCUT2D eigenvalue weighted by atomic mass is 10.0. The van der Waals surface area contributed by atoms with Crippen molar-refractivity contribution in [3.8, 4) is 5.75 Å². The van der Waals surface area contributed by atoms with Gasteiger partial charge in [0, 0.05) is 17.2 Å². The van der Waals surface area contributed by atoms with Gasteiger partial charge in [0.25, 0.3) is 0 Å². The van der Waals surface area contributed by atoms with Crippen molar-refractivity contribution in [3.63, 3.8) is 0 Å². The van der Waals surface area contributed by atoms with Gasteiger partial charge in [0.05, 0.1) is 6.61 Å². The molecule has 2 N–H and O–H groups in total. The maximum absolute atomic E-state index is 5.63. The number of benzene rings is 1. The van der Waals surface area contributed by atoms with E-state index in [1.165, 1.54) is 16.9 Å². The zero-order valence-electron chi connectivity index (χ0n) is 9.00. The first-order chi connectivity index (χ1) is 8.33. The van der Waals surface area contributed by atoms with Gasteiger partial charge < -0.3 is 10.5 Å². The third-order valence-corrected chi connectivity index (χ3v) is 4.68. The molecule has 0 spiro atoms. The van der Waals surface area contributed by atoms with Crippen molar-refractivity contribution in [1.82, 2.24) is 10.2 Å². The Morgan fingerprint density at radius 1 is 1.41 bits per heavy atom. The van der Waals surface area contributed by atoms with Crippen molar-refractivity contribution in [2.75, 3.05) is 18.1 Å². The number of nitrogens with two attached hydrogens (primary N) is 1. The number of nitrogen functional groups attached to an aromatic ring is 1. The van der Waals surface area contributed by atoms with E-state index in [0.717, 1.165) is 22.4 Å². The summed E-state index contributed by atoms with van der Waals surface area (Å²) in [6.45, 7) is 0.751. The van der Waals surface area contributed by atoms with Crippen molar-refractivity contribution in [1.29, 1.82) is 0 Å². The van der Waals surface area contributed by atoms with Crippen LogP contribution in [0.4, 0.5) is 5.13 Å². The van der Waals surface area contributed by atoms with Gasteiger partial charge in [-0.15, -0.1) is 10.2 Å². The summed E-state index contributed by atoms with van der Waals surface area (Å²) >= 11 is 3.12. The molecule has 0 saturated heterocycles. The Kier molecular flexibility index (Phi) is 2.90. The number of nitrogens with zero attached hydrogens (tertiary/aromatic N) is 2. The van der Waals surface area contributed by atoms with Gasteiger partial charge in [0.1, 0.15) is 5.75 Å². The van der Waals surface area contributed by atoms with E-state index in [2.05, 4.69) is 16.3 Å². The minimum Gasteiger partial charge on any atom is -0.493 e. The molecule has 0 aliphatic carbocycles. The Hall–Kier alpha value is -1.27. The normalized spacial score (nSPS) is 17.8. The SMILES string of the molecule is Nc1nnc(SCC2COc3ccccc32)s1. The van der Waals surface area contributed by atoms with Crippen LogP contribution in [0, 0.1) is 0 Å². The fourth-order valence-corrected chi connectivity index (χ4v) is 3.57. The lowest BCUT2D eigenvalue weighted by molar-refractivity contribution is 0.339. The van der Waals surface area contributed by atoms with Crippen LogP contribution in [-0.4, -0.2) is 22.6 Å². The van der Waals surface area contributed by atoms with Gasteiger partial charge in [-0.25, -0.2) is 0 Å². The van der Waals surface area contributed by atoms with E-state index >= 15 is 0 Å². The van der Waals surface area contributed by atoms with Crippen molar-refractivity contribution in [3.05, 3.63) is 29.8 Å². The molecule has 0 saturated carbocycles. The first kappa shape index (κ1) is 10.9. The molecule has 6 heteroatoms. The summed E-state index contributed by atoms with van der Waals surface area (Å²) in [5, 5.41) is 8.32. The zero-order chi connectivity index (χ0) is 11.7. The summed E-state index contributed by atoms with van der Waals surface area (Å²) in [5.74, 6) is 2.39. The van der Waals surface area contributed by atoms with Crippen LogP contribution in [0.15, 0.2) is 28.6 Å². The van der Waals surface area contributed by atoms with Gasteiger partial charge in [-0.05, 0) is 6.07 Å². The van der Waals surface area contributed by atoms with E-state index in [4.69, 9.17) is 10.5 Å². The summed E-state index contributed by atoms with van der Waals surface area (Å²) in [6, 6.07) is 8.19. The Bertz CT molecular complexity index is 529. The first-order valence-corrected chi connectivity index (χ1v) is 7.06. The molecular formula is C11H11N3OS2. The number of ether oxygens (including phenoxy) is 1. The van der Waals surface area contributed by atoms with Crippen LogP contribution in [0.25, 0.3) is 0 Å². The Morgan fingerprint density at radius 2 is 2.29 bits per heavy atom. The molecule has 1 unspecified atom stereocenters. The van der Waals surface area contributed by atoms with E-state index in [1.54, 1.807) is 11.8 Å². The predicted molar refractivity (Wildman–Crippen MR) is 69.7 cm³/mol. The number of hydrogen-bond acceptors (Lipinski definition) is 6. The van der Waals surface area contributed by atoms with Crippen LogP contribution in [0.2, 0.25) is 0 Å².